The molecule has 0 amide bonds. The van der Waals surface area contributed by atoms with Crippen molar-refractivity contribution in [2.24, 2.45) is 0 Å². The molecular weight excluding hydrogens is 521 g/mol. The van der Waals surface area contributed by atoms with Crippen LogP contribution >= 0.6 is 11.6 Å². The van der Waals surface area contributed by atoms with Crippen LogP contribution in [0.4, 0.5) is 21.7 Å². The second kappa shape index (κ2) is 11.7. The molecule has 1 fully saturated rings. The number of nitrogens with one attached hydrogen (secondary N) is 1. The molecule has 3 unspecified atom stereocenters. The zero-order chi connectivity index (χ0) is 27.4. The predicted molar refractivity (Wildman–Crippen MR) is 137 cm³/mol. The van der Waals surface area contributed by atoms with Gasteiger partial charge in [-0.3, -0.25) is 0 Å². The minimum Gasteiger partial charge on any atom is -0.463 e. The Morgan fingerprint density at radius 3 is 2.50 bits per heavy atom. The normalized spacial score (nSPS) is 20.7. The number of nitrogens with zero attached hydrogens (tertiary/aromatic N) is 3. The Labute approximate surface area is 224 Å². The van der Waals surface area contributed by atoms with Gasteiger partial charge in [0, 0.05) is 12.8 Å². The van der Waals surface area contributed by atoms with Crippen LogP contribution in [0.5, 0.6) is 0 Å². The number of rotatable bonds is 10. The summed E-state index contributed by atoms with van der Waals surface area (Å²) in [6.07, 6.45) is -3.41. The van der Waals surface area contributed by atoms with Crippen LogP contribution in [-0.2, 0) is 35.0 Å². The molecule has 11 nitrogen and oxygen atoms in total. The fraction of sp³-hybridized carbons (Fsp3) is 0.520. The monoisotopic (exact) mass is 551 g/mol. The van der Waals surface area contributed by atoms with Crippen molar-refractivity contribution in [2.75, 3.05) is 42.4 Å². The third-order valence-corrected chi connectivity index (χ3v) is 6.49. The molecule has 4 rings (SSSR count). The summed E-state index contributed by atoms with van der Waals surface area (Å²) in [6, 6.07) is 7.31. The van der Waals surface area contributed by atoms with Crippen LogP contribution in [0.25, 0.3) is 0 Å². The maximum atomic E-state index is 15.2. The summed E-state index contributed by atoms with van der Waals surface area (Å²) in [5, 5.41) is 2.94. The number of nitrogens with two attached hydrogens (primary N) is 1. The molecule has 3 N–H and O–H groups in total. The Hall–Kier alpha value is -3.22. The molecule has 38 heavy (non-hydrogen) atoms. The number of anilines is 3. The minimum atomic E-state index is -2.09. The molecule has 0 aliphatic carbocycles. The second-order valence-corrected chi connectivity index (χ2v) is 9.36. The van der Waals surface area contributed by atoms with E-state index in [0.717, 1.165) is 5.56 Å². The fourth-order valence-electron chi connectivity index (χ4n) is 4.47. The first-order chi connectivity index (χ1) is 18.2. The summed E-state index contributed by atoms with van der Waals surface area (Å²) in [6.45, 7) is 5.15. The molecule has 1 aromatic carbocycles. The lowest BCUT2D eigenvalue weighted by atomic mass is 9.93. The third-order valence-electron chi connectivity index (χ3n) is 6.33. The lowest BCUT2D eigenvalue weighted by molar-refractivity contribution is -0.194. The molecule has 1 saturated heterocycles. The number of carbonyl (C=O) groups is 2. The summed E-state index contributed by atoms with van der Waals surface area (Å²) >= 11 is 5.95. The summed E-state index contributed by atoms with van der Waals surface area (Å²) in [5.41, 5.74) is 5.92. The van der Waals surface area contributed by atoms with Crippen molar-refractivity contribution in [3.8, 4) is 0 Å². The Morgan fingerprint density at radius 1 is 1.21 bits per heavy atom. The molecule has 0 bridgehead atoms. The lowest BCUT2D eigenvalue weighted by Crippen LogP contribution is -2.54. The topological polar surface area (TPSA) is 138 Å². The summed E-state index contributed by atoms with van der Waals surface area (Å²) in [4.78, 5) is 36.0. The van der Waals surface area contributed by atoms with Crippen molar-refractivity contribution in [1.82, 2.24) is 9.97 Å². The van der Waals surface area contributed by atoms with Crippen LogP contribution in [0.15, 0.2) is 24.3 Å². The molecule has 0 radical (unpaired) electrons. The van der Waals surface area contributed by atoms with Crippen molar-refractivity contribution in [3.05, 3.63) is 40.7 Å². The van der Waals surface area contributed by atoms with Gasteiger partial charge in [0.25, 0.3) is 5.60 Å². The number of hydrogen-bond donors (Lipinski definition) is 2. The minimum absolute atomic E-state index is 0.0285. The molecule has 2 aliphatic heterocycles. The third kappa shape index (κ3) is 5.62. The number of nitrogen functional groups attached to an aromatic ring is 1. The zero-order valence-corrected chi connectivity index (χ0v) is 22.2. The van der Waals surface area contributed by atoms with Gasteiger partial charge < -0.3 is 34.9 Å². The van der Waals surface area contributed by atoms with Gasteiger partial charge in [0.05, 0.1) is 32.6 Å². The first-order valence-corrected chi connectivity index (χ1v) is 12.7. The number of esters is 2. The second-order valence-electron chi connectivity index (χ2n) is 9.02. The summed E-state index contributed by atoms with van der Waals surface area (Å²) in [7, 11) is 0. The van der Waals surface area contributed by atoms with Crippen LogP contribution in [0.3, 0.4) is 0 Å². The molecule has 2 aromatic rings. The first kappa shape index (κ1) is 27.8. The van der Waals surface area contributed by atoms with Gasteiger partial charge in [-0.1, -0.05) is 29.8 Å². The molecule has 3 atom stereocenters. The van der Waals surface area contributed by atoms with Crippen LogP contribution in [0.2, 0.25) is 5.28 Å². The molecule has 3 heterocycles. The molecule has 206 valence electrons. The standard InChI is InChI=1S/C25H31ClFN5O6/c1-4-35-22(33)25(23(34)36-5-2,11-15-8-6-14(3)7-9-15)37-12-16-10-17(27)21(38-16)32-13-29-18-19(28)30-24(26)31-20(18)32/h6-9,16-17,21,29H,4-5,10-13H2,1-3H3,(H2,28,30,31). The highest BCUT2D eigenvalue weighted by molar-refractivity contribution is 6.28. The number of hydrogen-bond acceptors (Lipinski definition) is 11. The number of halogens is 2. The van der Waals surface area contributed by atoms with E-state index in [9.17, 15) is 9.59 Å². The highest BCUT2D eigenvalue weighted by atomic mass is 35.5. The Balaban J connectivity index is 1.54. The van der Waals surface area contributed by atoms with Crippen LogP contribution < -0.4 is 16.0 Å². The predicted octanol–water partition coefficient (Wildman–Crippen LogP) is 2.79. The number of carbonyl (C=O) groups excluding carboxylic acids is 2. The van der Waals surface area contributed by atoms with E-state index in [2.05, 4.69) is 15.3 Å². The van der Waals surface area contributed by atoms with E-state index < -0.39 is 36.0 Å². The highest BCUT2D eigenvalue weighted by Gasteiger charge is 2.52. The number of ether oxygens (including phenoxy) is 4. The molecule has 0 saturated carbocycles. The smallest absolute Gasteiger partial charge is 0.350 e. The van der Waals surface area contributed by atoms with Crippen molar-refractivity contribution in [1.29, 1.82) is 0 Å². The van der Waals surface area contributed by atoms with Crippen molar-refractivity contribution >= 4 is 40.9 Å². The lowest BCUT2D eigenvalue weighted by Gasteiger charge is -2.31. The van der Waals surface area contributed by atoms with Gasteiger partial charge in [0.1, 0.15) is 11.9 Å². The van der Waals surface area contributed by atoms with Gasteiger partial charge in [0.15, 0.2) is 17.9 Å². The SMILES string of the molecule is CCOC(=O)C(Cc1ccc(C)cc1)(OCC1CC(F)C(N2CNc3c(N)nc(Cl)nc32)O1)C(=O)OCC. The largest absolute Gasteiger partial charge is 0.463 e. The number of alkyl halides is 1. The van der Waals surface area contributed by atoms with Gasteiger partial charge in [0.2, 0.25) is 5.28 Å². The average molecular weight is 552 g/mol. The van der Waals surface area contributed by atoms with Gasteiger partial charge in [-0.2, -0.15) is 9.97 Å². The highest BCUT2D eigenvalue weighted by Crippen LogP contribution is 2.39. The van der Waals surface area contributed by atoms with E-state index in [1.165, 1.54) is 0 Å². The van der Waals surface area contributed by atoms with Gasteiger partial charge >= 0.3 is 11.9 Å². The van der Waals surface area contributed by atoms with Crippen molar-refractivity contribution < 1.29 is 32.9 Å². The average Bonchev–Trinajstić information content (AvgIpc) is 3.46. The zero-order valence-electron chi connectivity index (χ0n) is 21.4. The van der Waals surface area contributed by atoms with Crippen molar-refractivity contribution in [3.63, 3.8) is 0 Å². The Morgan fingerprint density at radius 2 is 1.87 bits per heavy atom. The van der Waals surface area contributed by atoms with E-state index in [-0.39, 0.29) is 50.4 Å². The van der Waals surface area contributed by atoms with E-state index in [0.29, 0.717) is 17.1 Å². The summed E-state index contributed by atoms with van der Waals surface area (Å²) < 4.78 is 37.7. The van der Waals surface area contributed by atoms with Crippen LogP contribution in [-0.4, -0.2) is 72.5 Å². The van der Waals surface area contributed by atoms with E-state index >= 15 is 4.39 Å². The molecule has 13 heteroatoms. The summed E-state index contributed by atoms with van der Waals surface area (Å²) in [5.74, 6) is -1.31. The van der Waals surface area contributed by atoms with E-state index in [1.54, 1.807) is 30.9 Å². The Kier molecular flexibility index (Phi) is 8.54. The van der Waals surface area contributed by atoms with Crippen molar-refractivity contribution in [2.45, 2.75) is 57.7 Å². The van der Waals surface area contributed by atoms with Crippen LogP contribution in [0.1, 0.15) is 31.4 Å². The van der Waals surface area contributed by atoms with E-state index in [4.69, 9.17) is 36.3 Å². The maximum absolute atomic E-state index is 15.2. The van der Waals surface area contributed by atoms with Gasteiger partial charge in [-0.15, -0.1) is 0 Å². The number of aromatic nitrogens is 2. The molecule has 1 aromatic heterocycles. The van der Waals surface area contributed by atoms with Crippen LogP contribution in [0, 0.1) is 6.92 Å². The van der Waals surface area contributed by atoms with E-state index in [1.807, 2.05) is 19.1 Å². The first-order valence-electron chi connectivity index (χ1n) is 12.4. The molecule has 0 spiro atoms. The molecular formula is C25H31ClFN5O6. The molecule has 2 aliphatic rings. The number of fused-ring (bicyclic) bond motifs is 1. The fourth-order valence-corrected chi connectivity index (χ4v) is 4.64. The quantitative estimate of drug-likeness (QED) is 0.256. The maximum Gasteiger partial charge on any atom is 0.350 e. The Bertz CT molecular complexity index is 1150. The number of benzene rings is 1. The van der Waals surface area contributed by atoms with Gasteiger partial charge in [-0.25, -0.2) is 14.0 Å². The number of aryl methyl sites for hydroxylation is 1. The van der Waals surface area contributed by atoms with Gasteiger partial charge in [-0.05, 0) is 37.9 Å².